The van der Waals surface area contributed by atoms with Gasteiger partial charge in [-0.05, 0) is 69.9 Å². The van der Waals surface area contributed by atoms with E-state index in [-0.39, 0.29) is 17.2 Å². The van der Waals surface area contributed by atoms with E-state index in [0.29, 0.717) is 28.9 Å². The van der Waals surface area contributed by atoms with Crippen molar-refractivity contribution in [2.24, 2.45) is 5.92 Å². The van der Waals surface area contributed by atoms with Crippen LogP contribution in [0.5, 0.6) is 11.5 Å². The largest absolute Gasteiger partial charge is 0.493 e. The van der Waals surface area contributed by atoms with E-state index in [0.717, 1.165) is 61.8 Å². The summed E-state index contributed by atoms with van der Waals surface area (Å²) in [5.41, 5.74) is 1.25. The lowest BCUT2D eigenvalue weighted by Crippen LogP contribution is -2.33. The predicted octanol–water partition coefficient (Wildman–Crippen LogP) is 4.55. The minimum atomic E-state index is -0.494. The average Bonchev–Trinajstić information content (AvgIpc) is 3.37. The second-order valence-electron chi connectivity index (χ2n) is 9.64. The number of thioether (sulfide) groups is 1. The highest BCUT2D eigenvalue weighted by Crippen LogP contribution is 2.40. The Hall–Kier alpha value is -2.88. The fraction of sp³-hybridized carbons (Fsp3) is 0.560. The van der Waals surface area contributed by atoms with Gasteiger partial charge in [-0.15, -0.1) is 0 Å². The number of amides is 3. The molecule has 2 fully saturated rings. The monoisotopic (exact) mass is 505 g/mol. The van der Waals surface area contributed by atoms with Crippen molar-refractivity contribution in [3.8, 4) is 11.5 Å². The number of nitrogens with one attached hydrogen (secondary N) is 2. The van der Waals surface area contributed by atoms with Crippen molar-refractivity contribution in [1.29, 1.82) is 0 Å². The van der Waals surface area contributed by atoms with E-state index in [1.54, 1.807) is 20.3 Å². The number of alkyl carbamates (subject to hydrolysis) is 1. The zero-order valence-corrected chi connectivity index (χ0v) is 21.9. The summed E-state index contributed by atoms with van der Waals surface area (Å²) in [5, 5.41) is 4.74. The summed E-state index contributed by atoms with van der Waals surface area (Å²) < 4.78 is 16.2. The molecule has 1 aromatic rings. The van der Waals surface area contributed by atoms with Gasteiger partial charge in [-0.3, -0.25) is 14.9 Å². The van der Waals surface area contributed by atoms with E-state index < -0.39 is 5.60 Å². The van der Waals surface area contributed by atoms with E-state index >= 15 is 0 Å². The Morgan fingerprint density at radius 3 is 2.54 bits per heavy atom. The Labute approximate surface area is 210 Å². The quantitative estimate of drug-likeness (QED) is 0.372. The van der Waals surface area contributed by atoms with E-state index in [1.165, 1.54) is 0 Å². The van der Waals surface area contributed by atoms with E-state index in [1.807, 2.05) is 32.9 Å². The molecular weight excluding hydrogens is 470 g/mol. The van der Waals surface area contributed by atoms with Gasteiger partial charge in [-0.2, -0.15) is 0 Å². The van der Waals surface area contributed by atoms with Gasteiger partial charge in [0, 0.05) is 37.0 Å². The first-order valence-corrected chi connectivity index (χ1v) is 12.6. The van der Waals surface area contributed by atoms with Gasteiger partial charge < -0.3 is 24.4 Å². The first-order chi connectivity index (χ1) is 16.6. The summed E-state index contributed by atoms with van der Waals surface area (Å²) in [7, 11) is 3.16. The van der Waals surface area contributed by atoms with Gasteiger partial charge in [-0.25, -0.2) is 4.79 Å². The van der Waals surface area contributed by atoms with Gasteiger partial charge in [0.05, 0.1) is 19.1 Å². The summed E-state index contributed by atoms with van der Waals surface area (Å²) in [4.78, 5) is 38.1. The number of unbranched alkanes of at least 4 members (excludes halogenated alkanes) is 1. The molecule has 2 saturated heterocycles. The lowest BCUT2D eigenvalue weighted by molar-refractivity contribution is -0.115. The first-order valence-electron chi connectivity index (χ1n) is 11.8. The molecular formula is C25H35N3O6S. The minimum Gasteiger partial charge on any atom is -0.493 e. The fourth-order valence-electron chi connectivity index (χ4n) is 4.19. The van der Waals surface area contributed by atoms with Crippen LogP contribution in [0.2, 0.25) is 0 Å². The van der Waals surface area contributed by atoms with Gasteiger partial charge in [0.15, 0.2) is 11.5 Å². The Morgan fingerprint density at radius 2 is 1.91 bits per heavy atom. The van der Waals surface area contributed by atoms with Crippen LogP contribution in [0.4, 0.5) is 15.3 Å². The second-order valence-corrected chi connectivity index (χ2v) is 10.7. The van der Waals surface area contributed by atoms with Gasteiger partial charge in [0.1, 0.15) is 5.60 Å². The van der Waals surface area contributed by atoms with Gasteiger partial charge in [-0.1, -0.05) is 6.42 Å². The van der Waals surface area contributed by atoms with Crippen LogP contribution in [0.25, 0.3) is 6.08 Å². The molecule has 1 aromatic carbocycles. The highest BCUT2D eigenvalue weighted by Gasteiger charge is 2.28. The molecule has 0 unspecified atom stereocenters. The van der Waals surface area contributed by atoms with Gasteiger partial charge >= 0.3 is 6.09 Å². The summed E-state index contributed by atoms with van der Waals surface area (Å²) in [6.45, 7) is 7.89. The van der Waals surface area contributed by atoms with Crippen LogP contribution < -0.4 is 25.0 Å². The minimum absolute atomic E-state index is 0.358. The molecule has 0 spiro atoms. The van der Waals surface area contributed by atoms with Crippen LogP contribution in [-0.2, 0) is 9.53 Å². The summed E-state index contributed by atoms with van der Waals surface area (Å²) >= 11 is 0.896. The maximum Gasteiger partial charge on any atom is 0.407 e. The Balaban J connectivity index is 1.61. The van der Waals surface area contributed by atoms with Crippen molar-refractivity contribution in [3.05, 3.63) is 22.6 Å². The standard InChI is InChI=1S/C25H35N3O6S/c1-25(2,3)34-23(30)26-10-7-6-8-16-9-11-28(15-16)18-14-20(33-5)19(32-4)12-17(18)13-21-22(29)27-24(31)35-21/h12-14,16H,6-11,15H2,1-5H3,(H,26,30)(H,27,29,31)/b21-13-/t16-/m0/s1. The zero-order chi connectivity index (χ0) is 25.6. The molecule has 2 aliphatic rings. The molecule has 9 nitrogen and oxygen atoms in total. The van der Waals surface area contributed by atoms with Crippen LogP contribution in [-0.4, -0.2) is 56.7 Å². The van der Waals surface area contributed by atoms with Crippen molar-refractivity contribution in [2.45, 2.75) is 52.1 Å². The molecule has 35 heavy (non-hydrogen) atoms. The van der Waals surface area contributed by atoms with Crippen molar-refractivity contribution < 1.29 is 28.6 Å². The summed E-state index contributed by atoms with van der Waals surface area (Å²) in [5.74, 6) is 1.31. The SMILES string of the molecule is COc1cc(/C=C2\SC(=O)NC2=O)c(N2CC[C@H](CCCCNC(=O)OC(C)(C)C)C2)cc1OC. The van der Waals surface area contributed by atoms with Crippen LogP contribution >= 0.6 is 11.8 Å². The normalized spacial score (nSPS) is 19.2. The zero-order valence-electron chi connectivity index (χ0n) is 21.1. The number of imide groups is 1. The van der Waals surface area contributed by atoms with Crippen molar-refractivity contribution >= 4 is 40.8 Å². The molecule has 2 aliphatic heterocycles. The molecule has 2 heterocycles. The molecule has 2 N–H and O–H groups in total. The molecule has 0 aromatic heterocycles. The molecule has 10 heteroatoms. The second kappa shape index (κ2) is 11.7. The lowest BCUT2D eigenvalue weighted by Gasteiger charge is -2.23. The highest BCUT2D eigenvalue weighted by atomic mass is 32.2. The van der Waals surface area contributed by atoms with Crippen LogP contribution in [0.1, 0.15) is 52.0 Å². The van der Waals surface area contributed by atoms with E-state index in [2.05, 4.69) is 15.5 Å². The Morgan fingerprint density at radius 1 is 1.20 bits per heavy atom. The average molecular weight is 506 g/mol. The summed E-state index contributed by atoms with van der Waals surface area (Å²) in [6, 6.07) is 3.77. The number of carbonyl (C=O) groups is 3. The smallest absolute Gasteiger partial charge is 0.407 e. The number of carbonyl (C=O) groups excluding carboxylic acids is 3. The van der Waals surface area contributed by atoms with E-state index in [4.69, 9.17) is 14.2 Å². The van der Waals surface area contributed by atoms with Gasteiger partial charge in [0.25, 0.3) is 11.1 Å². The van der Waals surface area contributed by atoms with Gasteiger partial charge in [0.2, 0.25) is 0 Å². The molecule has 0 saturated carbocycles. The molecule has 1 atom stereocenters. The van der Waals surface area contributed by atoms with Crippen molar-refractivity contribution in [3.63, 3.8) is 0 Å². The topological polar surface area (TPSA) is 106 Å². The molecule has 0 bridgehead atoms. The molecule has 3 amide bonds. The Bertz CT molecular complexity index is 988. The van der Waals surface area contributed by atoms with E-state index in [9.17, 15) is 14.4 Å². The van der Waals surface area contributed by atoms with Crippen molar-refractivity contribution in [1.82, 2.24) is 10.6 Å². The maximum atomic E-state index is 12.1. The number of hydrogen-bond acceptors (Lipinski definition) is 8. The predicted molar refractivity (Wildman–Crippen MR) is 137 cm³/mol. The number of rotatable bonds is 9. The number of anilines is 1. The highest BCUT2D eigenvalue weighted by molar-refractivity contribution is 8.18. The maximum absolute atomic E-state index is 12.1. The third-order valence-corrected chi connectivity index (χ3v) is 6.61. The van der Waals surface area contributed by atoms with Crippen molar-refractivity contribution in [2.75, 3.05) is 38.8 Å². The third kappa shape index (κ3) is 7.55. The number of methoxy groups -OCH3 is 2. The number of ether oxygens (including phenoxy) is 3. The molecule has 3 rings (SSSR count). The third-order valence-electron chi connectivity index (χ3n) is 5.80. The summed E-state index contributed by atoms with van der Waals surface area (Å²) in [6.07, 6.45) is 5.37. The molecule has 0 radical (unpaired) electrons. The fourth-order valence-corrected chi connectivity index (χ4v) is 4.86. The van der Waals surface area contributed by atoms with Crippen LogP contribution in [0.15, 0.2) is 17.0 Å². The van der Waals surface area contributed by atoms with Crippen LogP contribution in [0.3, 0.4) is 0 Å². The lowest BCUT2D eigenvalue weighted by atomic mass is 10.0. The van der Waals surface area contributed by atoms with Crippen LogP contribution in [0, 0.1) is 5.92 Å². The number of benzene rings is 1. The first kappa shape index (κ1) is 26.7. The number of hydrogen-bond donors (Lipinski definition) is 2. The number of nitrogens with zero attached hydrogens (tertiary/aromatic N) is 1. The molecule has 0 aliphatic carbocycles. The molecule has 192 valence electrons. The Kier molecular flexibility index (Phi) is 8.93.